The first-order chi connectivity index (χ1) is 11.6. The number of hydrogen-bond donors (Lipinski definition) is 1. The number of ether oxygens (including phenoxy) is 2. The number of carboxylic acid groups (broad SMARTS) is 1. The van der Waals surface area contributed by atoms with Crippen LogP contribution in [0.25, 0.3) is 0 Å². The number of carbonyl (C=O) groups is 1. The molecule has 0 radical (unpaired) electrons. The van der Waals surface area contributed by atoms with E-state index in [0.29, 0.717) is 0 Å². The molecule has 9 heteroatoms. The molecule has 3 atom stereocenters. The van der Waals surface area contributed by atoms with Crippen molar-refractivity contribution < 1.29 is 19.4 Å². The highest BCUT2D eigenvalue weighted by Gasteiger charge is 2.50. The zero-order valence-electron chi connectivity index (χ0n) is 14.0. The second-order valence-electron chi connectivity index (χ2n) is 6.60. The molecule has 1 saturated heterocycles. The lowest BCUT2D eigenvalue weighted by molar-refractivity contribution is -0.148. The minimum absolute atomic E-state index is 0.00510. The van der Waals surface area contributed by atoms with Gasteiger partial charge in [-0.25, -0.2) is 9.48 Å². The van der Waals surface area contributed by atoms with Crippen molar-refractivity contribution in [3.05, 3.63) is 6.33 Å². The zero-order chi connectivity index (χ0) is 17.0. The molecule has 24 heavy (non-hydrogen) atoms. The molecule has 1 N–H and O–H groups in total. The third-order valence-corrected chi connectivity index (χ3v) is 5.32. The summed E-state index contributed by atoms with van der Waals surface area (Å²) in [5.74, 6) is -0.914. The van der Waals surface area contributed by atoms with Crippen molar-refractivity contribution in [3.8, 4) is 0 Å². The molecule has 0 bridgehead atoms. The van der Waals surface area contributed by atoms with E-state index in [4.69, 9.17) is 14.6 Å². The molecule has 2 heterocycles. The monoisotopic (exact) mass is 339 g/mol. The molecule has 9 nitrogen and oxygen atoms in total. The normalized spacial score (nSPS) is 30.4. The number of nitrogens with zero attached hydrogens (tertiary/aromatic N) is 5. The smallest absolute Gasteiger partial charge is 0.329 e. The van der Waals surface area contributed by atoms with Crippen LogP contribution in [0.4, 0.5) is 0 Å². The number of aliphatic carboxylic acids is 1. The van der Waals surface area contributed by atoms with Gasteiger partial charge >= 0.3 is 5.97 Å². The van der Waals surface area contributed by atoms with Crippen LogP contribution in [0.15, 0.2) is 6.33 Å². The van der Waals surface area contributed by atoms with Gasteiger partial charge in [0.2, 0.25) is 0 Å². The van der Waals surface area contributed by atoms with E-state index in [9.17, 15) is 4.79 Å². The molecule has 3 rings (SSSR count). The van der Waals surface area contributed by atoms with Gasteiger partial charge in [-0.3, -0.25) is 4.90 Å². The largest absolute Gasteiger partial charge is 0.480 e. The van der Waals surface area contributed by atoms with Gasteiger partial charge in [-0.05, 0) is 42.5 Å². The zero-order valence-corrected chi connectivity index (χ0v) is 14.0. The summed E-state index contributed by atoms with van der Waals surface area (Å²) in [5.41, 5.74) is -0.113. The molecule has 134 valence electrons. The maximum atomic E-state index is 10.7. The average Bonchev–Trinajstić information content (AvgIpc) is 3.21. The lowest BCUT2D eigenvalue weighted by atomic mass is 9.79. The van der Waals surface area contributed by atoms with E-state index in [0.717, 1.165) is 51.7 Å². The van der Waals surface area contributed by atoms with Crippen LogP contribution in [0.1, 0.15) is 32.1 Å². The quantitative estimate of drug-likeness (QED) is 0.715. The summed E-state index contributed by atoms with van der Waals surface area (Å²) in [6.07, 6.45) is 6.20. The van der Waals surface area contributed by atoms with Crippen LogP contribution < -0.4 is 0 Å². The fourth-order valence-electron chi connectivity index (χ4n) is 4.08. The molecule has 2 fully saturated rings. The van der Waals surface area contributed by atoms with Crippen molar-refractivity contribution in [1.29, 1.82) is 0 Å². The van der Waals surface area contributed by atoms with Gasteiger partial charge in [-0.2, -0.15) is 0 Å². The molecule has 1 saturated carbocycles. The third kappa shape index (κ3) is 3.73. The lowest BCUT2D eigenvalue weighted by Gasteiger charge is -2.43. The van der Waals surface area contributed by atoms with E-state index in [1.165, 1.54) is 0 Å². The molecular formula is C15H25N5O4. The van der Waals surface area contributed by atoms with E-state index in [2.05, 4.69) is 20.4 Å². The average molecular weight is 339 g/mol. The van der Waals surface area contributed by atoms with E-state index >= 15 is 0 Å². The number of rotatable bonds is 8. The summed E-state index contributed by atoms with van der Waals surface area (Å²) in [6, 6.07) is 0.281. The van der Waals surface area contributed by atoms with E-state index < -0.39 is 5.97 Å². The third-order valence-electron chi connectivity index (χ3n) is 5.32. The second-order valence-corrected chi connectivity index (χ2v) is 6.60. The first-order valence-electron chi connectivity index (χ1n) is 8.46. The molecule has 2 aliphatic rings. The van der Waals surface area contributed by atoms with Crippen LogP contribution in [0.2, 0.25) is 0 Å². The first-order valence-corrected chi connectivity index (χ1v) is 8.46. The van der Waals surface area contributed by atoms with Crippen LogP contribution in [0.5, 0.6) is 0 Å². The fourth-order valence-corrected chi connectivity index (χ4v) is 4.08. The second kappa shape index (κ2) is 7.54. The summed E-state index contributed by atoms with van der Waals surface area (Å²) < 4.78 is 13.2. The Bertz CT molecular complexity index is 540. The summed E-state index contributed by atoms with van der Waals surface area (Å²) in [6.45, 7) is 2.51. The SMILES string of the molecule is CO[C@@]12CC[C@H](OCC(=O)O)C[C@@H]1N(CCCn1cnnn1)CC2. The number of methoxy groups -OCH3 is 1. The maximum absolute atomic E-state index is 10.7. The van der Waals surface area contributed by atoms with Crippen LogP contribution in [0, 0.1) is 0 Å². The molecule has 1 aromatic heterocycles. The van der Waals surface area contributed by atoms with Crippen molar-refractivity contribution in [3.63, 3.8) is 0 Å². The molecule has 0 aromatic carbocycles. The summed E-state index contributed by atoms with van der Waals surface area (Å²) in [4.78, 5) is 13.2. The Morgan fingerprint density at radius 3 is 3.00 bits per heavy atom. The van der Waals surface area contributed by atoms with Crippen molar-refractivity contribution in [2.75, 3.05) is 26.8 Å². The number of likely N-dealkylation sites (tertiary alicyclic amines) is 1. The van der Waals surface area contributed by atoms with Gasteiger partial charge in [0.15, 0.2) is 0 Å². The van der Waals surface area contributed by atoms with Crippen molar-refractivity contribution in [1.82, 2.24) is 25.1 Å². The van der Waals surface area contributed by atoms with Crippen LogP contribution in [-0.4, -0.2) is 80.7 Å². The molecule has 1 aromatic rings. The highest BCUT2D eigenvalue weighted by molar-refractivity contribution is 5.68. The maximum Gasteiger partial charge on any atom is 0.329 e. The molecule has 0 spiro atoms. The molecule has 1 aliphatic carbocycles. The van der Waals surface area contributed by atoms with E-state index in [1.54, 1.807) is 18.1 Å². The van der Waals surface area contributed by atoms with Crippen molar-refractivity contribution in [2.24, 2.45) is 0 Å². The van der Waals surface area contributed by atoms with Gasteiger partial charge in [-0.1, -0.05) is 0 Å². The molecule has 0 unspecified atom stereocenters. The summed E-state index contributed by atoms with van der Waals surface area (Å²) >= 11 is 0. The van der Waals surface area contributed by atoms with Crippen LogP contribution in [-0.2, 0) is 20.8 Å². The summed E-state index contributed by atoms with van der Waals surface area (Å²) in [5, 5.41) is 20.0. The topological polar surface area (TPSA) is 103 Å². The highest BCUT2D eigenvalue weighted by atomic mass is 16.5. The Kier molecular flexibility index (Phi) is 5.42. The van der Waals surface area contributed by atoms with Gasteiger partial charge in [0.25, 0.3) is 0 Å². The number of tetrazole rings is 1. The predicted octanol–water partition coefficient (Wildman–Crippen LogP) is 0.176. The number of aromatic nitrogens is 4. The first kappa shape index (κ1) is 17.2. The van der Waals surface area contributed by atoms with Crippen molar-refractivity contribution in [2.45, 2.75) is 56.4 Å². The van der Waals surface area contributed by atoms with Gasteiger partial charge < -0.3 is 14.6 Å². The fraction of sp³-hybridized carbons (Fsp3) is 0.867. The molecular weight excluding hydrogens is 314 g/mol. The van der Waals surface area contributed by atoms with Gasteiger partial charge in [0, 0.05) is 32.8 Å². The standard InChI is InChI=1S/C15H25N5O4/c1-23-15-4-3-12(24-10-14(21)22)9-13(15)19(8-5-15)6-2-7-20-11-16-17-18-20/h11-13H,2-10H2,1H3,(H,21,22)/t12-,13-,15+/m0/s1. The lowest BCUT2D eigenvalue weighted by Crippen LogP contribution is -2.52. The predicted molar refractivity (Wildman–Crippen MR) is 83.4 cm³/mol. The minimum atomic E-state index is -0.914. The van der Waals surface area contributed by atoms with Gasteiger partial charge in [0.1, 0.15) is 12.9 Å². The Labute approximate surface area is 140 Å². The Morgan fingerprint density at radius 2 is 2.29 bits per heavy atom. The molecule has 0 amide bonds. The van der Waals surface area contributed by atoms with Gasteiger partial charge in [0.05, 0.1) is 11.7 Å². The Morgan fingerprint density at radius 1 is 1.42 bits per heavy atom. The Balaban J connectivity index is 1.55. The van der Waals surface area contributed by atoms with E-state index in [-0.39, 0.29) is 24.4 Å². The number of fused-ring (bicyclic) bond motifs is 1. The number of hydrogen-bond acceptors (Lipinski definition) is 7. The van der Waals surface area contributed by atoms with Crippen LogP contribution >= 0.6 is 0 Å². The minimum Gasteiger partial charge on any atom is -0.480 e. The number of carboxylic acids is 1. The number of aryl methyl sites for hydroxylation is 1. The Hall–Kier alpha value is -1.58. The highest BCUT2D eigenvalue weighted by Crippen LogP contribution is 2.43. The van der Waals surface area contributed by atoms with E-state index in [1.807, 2.05) is 0 Å². The summed E-state index contributed by atoms with van der Waals surface area (Å²) in [7, 11) is 1.79. The molecule has 1 aliphatic heterocycles. The van der Waals surface area contributed by atoms with Gasteiger partial charge in [-0.15, -0.1) is 5.10 Å². The van der Waals surface area contributed by atoms with Crippen molar-refractivity contribution >= 4 is 5.97 Å². The van der Waals surface area contributed by atoms with Crippen LogP contribution in [0.3, 0.4) is 0 Å².